The lowest BCUT2D eigenvalue weighted by Gasteiger charge is -2.02. The van der Waals surface area contributed by atoms with Crippen LogP contribution < -0.4 is 5.43 Å². The maximum atomic E-state index is 11.6. The van der Waals surface area contributed by atoms with E-state index in [9.17, 15) is 14.9 Å². The molecule has 0 aliphatic heterocycles. The molecule has 100 valence electrons. The Bertz CT molecular complexity index is 518. The number of non-ortho nitro benzene ring substituents is 1. The fraction of sp³-hybridized carbons (Fsp3) is 0.385. The van der Waals surface area contributed by atoms with Gasteiger partial charge in [0.2, 0.25) is 5.91 Å². The zero-order valence-corrected chi connectivity index (χ0v) is 10.6. The minimum Gasteiger partial charge on any atom is -0.273 e. The predicted octanol–water partition coefficient (Wildman–Crippen LogP) is 2.04. The molecule has 1 saturated carbocycles. The second-order valence-electron chi connectivity index (χ2n) is 4.66. The van der Waals surface area contributed by atoms with Crippen LogP contribution in [0.25, 0.3) is 0 Å². The van der Waals surface area contributed by atoms with Crippen molar-refractivity contribution in [3.05, 3.63) is 39.9 Å². The highest BCUT2D eigenvalue weighted by atomic mass is 16.6. The standard InChI is InChI=1S/C13H15N3O3/c1-9(11-4-5-11)14-15-13(17)8-10-2-6-12(7-3-10)16(18)19/h2-3,6-7,11H,4-5,8H2,1H3,(H,15,17)/b14-9+. The van der Waals surface area contributed by atoms with Gasteiger partial charge >= 0.3 is 0 Å². The van der Waals surface area contributed by atoms with Crippen molar-refractivity contribution in [1.82, 2.24) is 5.43 Å². The Kier molecular flexibility index (Phi) is 3.89. The van der Waals surface area contributed by atoms with Crippen molar-refractivity contribution in [2.24, 2.45) is 11.0 Å². The van der Waals surface area contributed by atoms with Crippen molar-refractivity contribution in [3.8, 4) is 0 Å². The van der Waals surface area contributed by atoms with E-state index in [0.717, 1.165) is 24.1 Å². The van der Waals surface area contributed by atoms with E-state index in [1.807, 2.05) is 6.92 Å². The van der Waals surface area contributed by atoms with Gasteiger partial charge in [0, 0.05) is 17.8 Å². The summed E-state index contributed by atoms with van der Waals surface area (Å²) < 4.78 is 0. The van der Waals surface area contributed by atoms with Gasteiger partial charge in [0.15, 0.2) is 0 Å². The Labute approximate surface area is 110 Å². The average Bonchev–Trinajstić information content (AvgIpc) is 3.21. The molecule has 1 aliphatic carbocycles. The van der Waals surface area contributed by atoms with E-state index in [4.69, 9.17) is 0 Å². The summed E-state index contributed by atoms with van der Waals surface area (Å²) in [5.74, 6) is 0.313. The molecule has 0 spiro atoms. The number of benzene rings is 1. The summed E-state index contributed by atoms with van der Waals surface area (Å²) in [7, 11) is 0. The maximum Gasteiger partial charge on any atom is 0.269 e. The van der Waals surface area contributed by atoms with Crippen LogP contribution >= 0.6 is 0 Å². The molecular formula is C13H15N3O3. The summed E-state index contributed by atoms with van der Waals surface area (Å²) in [5.41, 5.74) is 4.20. The minimum absolute atomic E-state index is 0.0201. The van der Waals surface area contributed by atoms with Crippen LogP contribution in [0, 0.1) is 16.0 Å². The number of nitrogens with zero attached hydrogens (tertiary/aromatic N) is 2. The third-order valence-corrected chi connectivity index (χ3v) is 3.04. The average molecular weight is 261 g/mol. The van der Waals surface area contributed by atoms with Crippen LogP contribution in [0.15, 0.2) is 29.4 Å². The molecule has 19 heavy (non-hydrogen) atoms. The summed E-state index contributed by atoms with van der Waals surface area (Å²) in [5, 5.41) is 14.5. The molecule has 1 aliphatic rings. The number of nitro benzene ring substituents is 1. The number of carbonyl (C=O) groups excluding carboxylic acids is 1. The quantitative estimate of drug-likeness (QED) is 0.500. The molecule has 0 bridgehead atoms. The number of amides is 1. The van der Waals surface area contributed by atoms with Gasteiger partial charge in [0.05, 0.1) is 11.3 Å². The molecule has 0 heterocycles. The number of hydrogen-bond acceptors (Lipinski definition) is 4. The minimum atomic E-state index is -0.465. The van der Waals surface area contributed by atoms with Gasteiger partial charge in [0.1, 0.15) is 0 Å². The Morgan fingerprint density at radius 3 is 2.58 bits per heavy atom. The molecule has 2 rings (SSSR count). The first-order chi connectivity index (χ1) is 9.06. The van der Waals surface area contributed by atoms with Crippen LogP contribution in [0.1, 0.15) is 25.3 Å². The molecule has 0 aromatic heterocycles. The van der Waals surface area contributed by atoms with Crippen LogP contribution in [0.2, 0.25) is 0 Å². The van der Waals surface area contributed by atoms with E-state index in [1.165, 1.54) is 12.1 Å². The van der Waals surface area contributed by atoms with Gasteiger partial charge in [-0.05, 0) is 31.2 Å². The third-order valence-electron chi connectivity index (χ3n) is 3.04. The lowest BCUT2D eigenvalue weighted by atomic mass is 10.1. The Balaban J connectivity index is 1.87. The van der Waals surface area contributed by atoms with Gasteiger partial charge < -0.3 is 0 Å². The fourth-order valence-corrected chi connectivity index (χ4v) is 1.70. The highest BCUT2D eigenvalue weighted by Crippen LogP contribution is 2.30. The van der Waals surface area contributed by atoms with Crippen molar-refractivity contribution in [2.75, 3.05) is 0 Å². The zero-order valence-electron chi connectivity index (χ0n) is 10.6. The molecular weight excluding hydrogens is 246 g/mol. The first kappa shape index (κ1) is 13.2. The summed E-state index contributed by atoms with van der Waals surface area (Å²) in [6.45, 7) is 1.91. The monoisotopic (exact) mass is 261 g/mol. The van der Waals surface area contributed by atoms with Gasteiger partial charge in [0.25, 0.3) is 5.69 Å². The number of rotatable bonds is 5. The second kappa shape index (κ2) is 5.60. The number of nitrogens with one attached hydrogen (secondary N) is 1. The van der Waals surface area contributed by atoms with E-state index in [0.29, 0.717) is 5.92 Å². The number of carbonyl (C=O) groups is 1. The van der Waals surface area contributed by atoms with E-state index in [2.05, 4.69) is 10.5 Å². The third kappa shape index (κ3) is 3.87. The lowest BCUT2D eigenvalue weighted by Crippen LogP contribution is -2.21. The van der Waals surface area contributed by atoms with E-state index in [-0.39, 0.29) is 18.0 Å². The normalized spacial score (nSPS) is 15.1. The highest BCUT2D eigenvalue weighted by molar-refractivity contribution is 5.88. The summed E-state index contributed by atoms with van der Waals surface area (Å²) in [6.07, 6.45) is 2.46. The van der Waals surface area contributed by atoms with Crippen molar-refractivity contribution in [3.63, 3.8) is 0 Å². The maximum absolute atomic E-state index is 11.6. The van der Waals surface area contributed by atoms with Crippen molar-refractivity contribution < 1.29 is 9.72 Å². The van der Waals surface area contributed by atoms with Crippen LogP contribution in [0.5, 0.6) is 0 Å². The lowest BCUT2D eigenvalue weighted by molar-refractivity contribution is -0.384. The SMILES string of the molecule is C/C(=N\NC(=O)Cc1ccc([N+](=O)[O-])cc1)C1CC1. The second-order valence-corrected chi connectivity index (χ2v) is 4.66. The topological polar surface area (TPSA) is 84.6 Å². The van der Waals surface area contributed by atoms with Crippen LogP contribution in [0.4, 0.5) is 5.69 Å². The Morgan fingerprint density at radius 2 is 2.05 bits per heavy atom. The molecule has 1 amide bonds. The van der Waals surface area contributed by atoms with Gasteiger partial charge in [-0.2, -0.15) is 5.10 Å². The highest BCUT2D eigenvalue weighted by Gasteiger charge is 2.24. The molecule has 6 nitrogen and oxygen atoms in total. The molecule has 0 unspecified atom stereocenters. The van der Waals surface area contributed by atoms with E-state index >= 15 is 0 Å². The fourth-order valence-electron chi connectivity index (χ4n) is 1.70. The van der Waals surface area contributed by atoms with Crippen LogP contribution in [-0.2, 0) is 11.2 Å². The van der Waals surface area contributed by atoms with E-state index in [1.54, 1.807) is 12.1 Å². The summed E-state index contributed by atoms with van der Waals surface area (Å²) in [4.78, 5) is 21.7. The van der Waals surface area contributed by atoms with Crippen LogP contribution in [-0.4, -0.2) is 16.5 Å². The van der Waals surface area contributed by atoms with Gasteiger partial charge in [-0.3, -0.25) is 14.9 Å². The number of nitro groups is 1. The smallest absolute Gasteiger partial charge is 0.269 e. The van der Waals surface area contributed by atoms with Crippen molar-refractivity contribution in [1.29, 1.82) is 0 Å². The molecule has 0 saturated heterocycles. The molecule has 0 atom stereocenters. The molecule has 1 fully saturated rings. The largest absolute Gasteiger partial charge is 0.273 e. The molecule has 6 heteroatoms. The summed E-state index contributed by atoms with van der Waals surface area (Å²) in [6, 6.07) is 5.94. The number of hydrogen-bond donors (Lipinski definition) is 1. The van der Waals surface area contributed by atoms with Crippen molar-refractivity contribution in [2.45, 2.75) is 26.2 Å². The molecule has 1 N–H and O–H groups in total. The first-order valence-corrected chi connectivity index (χ1v) is 6.12. The van der Waals surface area contributed by atoms with Gasteiger partial charge in [-0.25, -0.2) is 5.43 Å². The Morgan fingerprint density at radius 1 is 1.42 bits per heavy atom. The van der Waals surface area contributed by atoms with Crippen LogP contribution in [0.3, 0.4) is 0 Å². The predicted molar refractivity (Wildman–Crippen MR) is 70.8 cm³/mol. The van der Waals surface area contributed by atoms with Crippen molar-refractivity contribution >= 4 is 17.3 Å². The zero-order chi connectivity index (χ0) is 13.8. The molecule has 1 aromatic carbocycles. The Hall–Kier alpha value is -2.24. The van der Waals surface area contributed by atoms with Gasteiger partial charge in [-0.1, -0.05) is 12.1 Å². The summed E-state index contributed by atoms with van der Waals surface area (Å²) >= 11 is 0. The van der Waals surface area contributed by atoms with E-state index < -0.39 is 4.92 Å². The first-order valence-electron chi connectivity index (χ1n) is 6.12. The molecule has 1 aromatic rings. The van der Waals surface area contributed by atoms with Gasteiger partial charge in [-0.15, -0.1) is 0 Å². The number of hydrazone groups is 1. The molecule has 0 radical (unpaired) electrons.